The van der Waals surface area contributed by atoms with Crippen molar-refractivity contribution < 1.29 is 0 Å². The van der Waals surface area contributed by atoms with Gasteiger partial charge in [0.05, 0.1) is 0 Å². The van der Waals surface area contributed by atoms with Crippen LogP contribution in [0, 0.1) is 0 Å². The van der Waals surface area contributed by atoms with E-state index in [0.29, 0.717) is 0 Å². The van der Waals surface area contributed by atoms with Crippen LogP contribution >= 0.6 is 0 Å². The molecule has 0 amide bonds. The number of nitrogens with zero attached hydrogens (tertiary/aromatic N) is 1. The van der Waals surface area contributed by atoms with Crippen LogP contribution in [0.25, 0.3) is 62.7 Å². The smallest absolute Gasteiger partial charge is 0.0302 e. The van der Waals surface area contributed by atoms with Crippen LogP contribution in [0.2, 0.25) is 0 Å². The number of hydrogen-bond acceptors (Lipinski definition) is 0. The third-order valence-corrected chi connectivity index (χ3v) is 10.8. The van der Waals surface area contributed by atoms with Crippen molar-refractivity contribution in [1.29, 1.82) is 0 Å². The standard InChI is InChI=1S/C52H51N/c1-6-20-42(34-44-36-53(52-28-15-11-14-23-45(44)52)37(5)29-30-38(7-2)41-21-12-10-13-22-41)39(8-3)33-40(9-4)43-31-32-50-48-26-17-16-24-46(48)47-25-18-19-27-49(47)51(50)35-43/h7-10,12-14,18-19,21-27,29-36H,2-3,6,11,15-17,20,28H2,1,4-5H3/b37-29+,38-30+,39-33+,40-9+,42-34+. The number of fused-ring (bicyclic) bond motifs is 7. The lowest BCUT2D eigenvalue weighted by atomic mass is 9.90. The summed E-state index contributed by atoms with van der Waals surface area (Å²) >= 11 is 0. The monoisotopic (exact) mass is 689 g/mol. The van der Waals surface area contributed by atoms with Gasteiger partial charge in [0, 0.05) is 28.7 Å². The second-order valence-electron chi connectivity index (χ2n) is 14.2. The quantitative estimate of drug-likeness (QED) is 0.0961. The van der Waals surface area contributed by atoms with Crippen LogP contribution < -0.4 is 10.4 Å². The fraction of sp³-hybridized carbons (Fsp3) is 0.192. The largest absolute Gasteiger partial charge is 0.324 e. The van der Waals surface area contributed by atoms with E-state index < -0.39 is 0 Å². The Kier molecular flexibility index (Phi) is 11.0. The van der Waals surface area contributed by atoms with E-state index in [0.717, 1.165) is 50.5 Å². The number of hydrogen-bond donors (Lipinski definition) is 0. The number of rotatable bonds is 11. The summed E-state index contributed by atoms with van der Waals surface area (Å²) in [5.74, 6) is 0. The van der Waals surface area contributed by atoms with Crippen LogP contribution in [0.5, 0.6) is 0 Å². The maximum atomic E-state index is 4.35. The summed E-state index contributed by atoms with van der Waals surface area (Å²) in [6, 6.07) is 26.4. The van der Waals surface area contributed by atoms with Crippen LogP contribution in [-0.4, -0.2) is 4.57 Å². The van der Waals surface area contributed by atoms with Gasteiger partial charge >= 0.3 is 0 Å². The molecule has 0 bridgehead atoms. The molecule has 1 heterocycles. The Labute approximate surface area is 316 Å². The van der Waals surface area contributed by atoms with Gasteiger partial charge in [-0.2, -0.15) is 0 Å². The van der Waals surface area contributed by atoms with E-state index in [1.807, 2.05) is 12.2 Å². The molecule has 2 aliphatic carbocycles. The minimum atomic E-state index is 0.969. The topological polar surface area (TPSA) is 4.93 Å². The van der Waals surface area contributed by atoms with Gasteiger partial charge < -0.3 is 4.57 Å². The summed E-state index contributed by atoms with van der Waals surface area (Å²) in [7, 11) is 0. The van der Waals surface area contributed by atoms with E-state index in [1.54, 1.807) is 0 Å². The van der Waals surface area contributed by atoms with Crippen LogP contribution in [0.1, 0.15) is 87.2 Å². The lowest BCUT2D eigenvalue weighted by Crippen LogP contribution is -2.28. The molecule has 1 heteroatoms. The highest BCUT2D eigenvalue weighted by molar-refractivity contribution is 6.09. The summed E-state index contributed by atoms with van der Waals surface area (Å²) in [5.41, 5.74) is 12.4. The Bertz CT molecular complexity index is 2520. The zero-order chi connectivity index (χ0) is 36.7. The lowest BCUT2D eigenvalue weighted by Gasteiger charge is -2.14. The molecule has 53 heavy (non-hydrogen) atoms. The van der Waals surface area contributed by atoms with E-state index in [1.165, 1.54) is 82.3 Å². The first-order chi connectivity index (χ1) is 26.0. The van der Waals surface area contributed by atoms with Gasteiger partial charge in [-0.05, 0) is 142 Å². The van der Waals surface area contributed by atoms with Crippen molar-refractivity contribution in [3.8, 4) is 0 Å². The molecule has 0 aliphatic heterocycles. The van der Waals surface area contributed by atoms with Crippen molar-refractivity contribution in [2.75, 3.05) is 0 Å². The Morgan fingerprint density at radius 3 is 2.23 bits per heavy atom. The van der Waals surface area contributed by atoms with E-state index in [4.69, 9.17) is 0 Å². The molecule has 1 nitrogen and oxygen atoms in total. The molecule has 7 rings (SSSR count). The van der Waals surface area contributed by atoms with Crippen molar-refractivity contribution in [3.63, 3.8) is 0 Å². The number of aromatic nitrogens is 1. The first-order valence-corrected chi connectivity index (χ1v) is 19.4. The molecule has 0 radical (unpaired) electrons. The average molecular weight is 690 g/mol. The Balaban J connectivity index is 1.30. The zero-order valence-electron chi connectivity index (χ0n) is 31.7. The molecule has 0 fully saturated rings. The van der Waals surface area contributed by atoms with Gasteiger partial charge in [-0.15, -0.1) is 0 Å². The fourth-order valence-electron chi connectivity index (χ4n) is 8.11. The highest BCUT2D eigenvalue weighted by Gasteiger charge is 2.17. The summed E-state index contributed by atoms with van der Waals surface area (Å²) in [6.45, 7) is 15.1. The van der Waals surface area contributed by atoms with Crippen molar-refractivity contribution in [1.82, 2.24) is 4.57 Å². The predicted octanol–water partition coefficient (Wildman–Crippen LogP) is 13.0. The van der Waals surface area contributed by atoms with Crippen LogP contribution in [0.15, 0.2) is 146 Å². The normalized spacial score (nSPS) is 15.4. The molecule has 0 spiro atoms. The molecule has 0 unspecified atom stereocenters. The van der Waals surface area contributed by atoms with Crippen LogP contribution in [0.3, 0.4) is 0 Å². The SMILES string of the molecule is C=CC(=C\C(=C/C)c1ccc2c3c(c4ccccc4c2c1)=CCCC=3)/C(=C/c1cn(/C(C)=C/C=C(\C=C)c2ccccc2)c2c1C=CCCC2)CCC. The van der Waals surface area contributed by atoms with Gasteiger partial charge in [0.15, 0.2) is 0 Å². The maximum Gasteiger partial charge on any atom is 0.0302 e. The summed E-state index contributed by atoms with van der Waals surface area (Å²) < 4.78 is 2.41. The molecule has 0 saturated carbocycles. The fourth-order valence-corrected chi connectivity index (χ4v) is 8.11. The lowest BCUT2D eigenvalue weighted by molar-refractivity contribution is 0.804. The number of allylic oxidation sites excluding steroid dienone is 12. The van der Waals surface area contributed by atoms with Crippen molar-refractivity contribution >= 4 is 62.7 Å². The van der Waals surface area contributed by atoms with Crippen molar-refractivity contribution in [2.45, 2.75) is 65.7 Å². The molecule has 5 aromatic rings. The van der Waals surface area contributed by atoms with Crippen LogP contribution in [0.4, 0.5) is 0 Å². The minimum absolute atomic E-state index is 0.969. The van der Waals surface area contributed by atoms with Gasteiger partial charge in [0.1, 0.15) is 0 Å². The zero-order valence-corrected chi connectivity index (χ0v) is 31.7. The van der Waals surface area contributed by atoms with Crippen LogP contribution in [-0.2, 0) is 6.42 Å². The van der Waals surface area contributed by atoms with Gasteiger partial charge in [0.2, 0.25) is 0 Å². The van der Waals surface area contributed by atoms with E-state index in [-0.39, 0.29) is 0 Å². The first kappa shape index (κ1) is 35.7. The van der Waals surface area contributed by atoms with E-state index in [9.17, 15) is 0 Å². The van der Waals surface area contributed by atoms with Gasteiger partial charge in [-0.3, -0.25) is 0 Å². The molecule has 0 N–H and O–H groups in total. The molecular formula is C52H51N. The maximum absolute atomic E-state index is 4.35. The molecule has 2 aliphatic rings. The van der Waals surface area contributed by atoms with Gasteiger partial charge in [0.25, 0.3) is 0 Å². The Morgan fingerprint density at radius 2 is 1.51 bits per heavy atom. The second-order valence-corrected chi connectivity index (χ2v) is 14.2. The molecule has 0 saturated heterocycles. The Morgan fingerprint density at radius 1 is 0.774 bits per heavy atom. The summed E-state index contributed by atoms with van der Waals surface area (Å²) in [5, 5.41) is 8.10. The first-order valence-electron chi connectivity index (χ1n) is 19.4. The van der Waals surface area contributed by atoms with Gasteiger partial charge in [-0.1, -0.05) is 142 Å². The van der Waals surface area contributed by atoms with E-state index in [2.05, 4.69) is 172 Å². The number of benzene rings is 4. The van der Waals surface area contributed by atoms with Crippen molar-refractivity contribution in [2.24, 2.45) is 0 Å². The summed E-state index contributed by atoms with van der Waals surface area (Å²) in [6.07, 6.45) is 34.8. The molecular weight excluding hydrogens is 639 g/mol. The third-order valence-electron chi connectivity index (χ3n) is 10.8. The summed E-state index contributed by atoms with van der Waals surface area (Å²) in [4.78, 5) is 0. The third kappa shape index (κ3) is 7.35. The highest BCUT2D eigenvalue weighted by Crippen LogP contribution is 2.33. The van der Waals surface area contributed by atoms with E-state index >= 15 is 0 Å². The average Bonchev–Trinajstić information content (AvgIpc) is 3.36. The Hall–Kier alpha value is -5.66. The molecule has 0 atom stereocenters. The molecule has 264 valence electrons. The highest BCUT2D eigenvalue weighted by atomic mass is 15.0. The van der Waals surface area contributed by atoms with Crippen molar-refractivity contribution in [3.05, 3.63) is 184 Å². The second kappa shape index (κ2) is 16.3. The van der Waals surface area contributed by atoms with Gasteiger partial charge in [-0.25, -0.2) is 0 Å². The molecule has 4 aromatic carbocycles. The predicted molar refractivity (Wildman–Crippen MR) is 235 cm³/mol. The molecule has 1 aromatic heterocycles. The minimum Gasteiger partial charge on any atom is -0.324 e.